The van der Waals surface area contributed by atoms with E-state index in [9.17, 15) is 4.79 Å². The van der Waals surface area contributed by atoms with Gasteiger partial charge >= 0.3 is 6.09 Å². The fourth-order valence-electron chi connectivity index (χ4n) is 2.40. The maximum absolute atomic E-state index is 11.6. The van der Waals surface area contributed by atoms with Crippen molar-refractivity contribution in [1.29, 1.82) is 0 Å². The van der Waals surface area contributed by atoms with Crippen LogP contribution in [0.1, 0.15) is 19.8 Å². The van der Waals surface area contributed by atoms with Crippen LogP contribution in [-0.4, -0.2) is 75.0 Å². The van der Waals surface area contributed by atoms with Gasteiger partial charge in [-0.1, -0.05) is 0 Å². The highest BCUT2D eigenvalue weighted by molar-refractivity contribution is 5.67. The summed E-state index contributed by atoms with van der Waals surface area (Å²) in [7, 11) is 1.73. The van der Waals surface area contributed by atoms with E-state index in [1.54, 1.807) is 12.0 Å². The van der Waals surface area contributed by atoms with Gasteiger partial charge in [-0.2, -0.15) is 0 Å². The molecule has 1 aliphatic heterocycles. The number of amides is 1. The van der Waals surface area contributed by atoms with Crippen LogP contribution in [0.5, 0.6) is 0 Å². The van der Waals surface area contributed by atoms with Gasteiger partial charge in [0.25, 0.3) is 0 Å². The number of nitrogens with zero attached hydrogens (tertiary/aromatic N) is 2. The second-order valence-electron chi connectivity index (χ2n) is 4.76. The smallest absolute Gasteiger partial charge is 0.409 e. The molecule has 1 aliphatic rings. The highest BCUT2D eigenvalue weighted by Crippen LogP contribution is 2.12. The van der Waals surface area contributed by atoms with Gasteiger partial charge in [0.1, 0.15) is 0 Å². The second-order valence-corrected chi connectivity index (χ2v) is 4.76. The highest BCUT2D eigenvalue weighted by Gasteiger charge is 2.26. The Balaban J connectivity index is 2.39. The molecule has 0 bridgehead atoms. The molecule has 1 unspecified atom stereocenters. The van der Waals surface area contributed by atoms with E-state index < -0.39 is 0 Å². The molecular formula is C13H27N3O3. The maximum Gasteiger partial charge on any atom is 0.409 e. The average Bonchev–Trinajstić information content (AvgIpc) is 2.44. The number of methoxy groups -OCH3 is 1. The van der Waals surface area contributed by atoms with Crippen molar-refractivity contribution in [3.63, 3.8) is 0 Å². The Morgan fingerprint density at radius 3 is 2.53 bits per heavy atom. The zero-order chi connectivity index (χ0) is 14.1. The van der Waals surface area contributed by atoms with Crippen LogP contribution in [0.3, 0.4) is 0 Å². The van der Waals surface area contributed by atoms with E-state index in [4.69, 9.17) is 15.2 Å². The first kappa shape index (κ1) is 16.2. The Morgan fingerprint density at radius 2 is 2.00 bits per heavy atom. The van der Waals surface area contributed by atoms with Gasteiger partial charge in [-0.15, -0.1) is 0 Å². The number of carbonyl (C=O) groups excluding carboxylic acids is 1. The molecule has 6 heteroatoms. The monoisotopic (exact) mass is 273 g/mol. The molecule has 1 rings (SSSR count). The van der Waals surface area contributed by atoms with Gasteiger partial charge in [-0.25, -0.2) is 4.79 Å². The normalized spacial score (nSPS) is 18.4. The lowest BCUT2D eigenvalue weighted by atomic mass is 10.1. The van der Waals surface area contributed by atoms with E-state index in [1.807, 2.05) is 6.92 Å². The first-order valence-corrected chi connectivity index (χ1v) is 7.07. The molecule has 0 aromatic rings. The van der Waals surface area contributed by atoms with E-state index in [1.165, 1.54) is 0 Å². The molecule has 2 N–H and O–H groups in total. The van der Waals surface area contributed by atoms with Gasteiger partial charge in [0, 0.05) is 39.3 Å². The molecule has 0 radical (unpaired) electrons. The van der Waals surface area contributed by atoms with E-state index >= 15 is 0 Å². The summed E-state index contributed by atoms with van der Waals surface area (Å²) in [5.41, 5.74) is 5.57. The minimum atomic E-state index is -0.201. The molecule has 1 heterocycles. The Hall–Kier alpha value is -0.850. The summed E-state index contributed by atoms with van der Waals surface area (Å²) in [5, 5.41) is 0. The van der Waals surface area contributed by atoms with Crippen LogP contribution in [0.15, 0.2) is 0 Å². The molecule has 0 aliphatic carbocycles. The zero-order valence-corrected chi connectivity index (χ0v) is 12.1. The van der Waals surface area contributed by atoms with Crippen molar-refractivity contribution in [3.05, 3.63) is 0 Å². The lowest BCUT2D eigenvalue weighted by molar-refractivity contribution is 0.0380. The van der Waals surface area contributed by atoms with E-state index in [0.717, 1.165) is 45.6 Å². The quantitative estimate of drug-likeness (QED) is 0.732. The largest absolute Gasteiger partial charge is 0.450 e. The summed E-state index contributed by atoms with van der Waals surface area (Å²) in [4.78, 5) is 15.8. The van der Waals surface area contributed by atoms with Gasteiger partial charge < -0.3 is 20.1 Å². The minimum Gasteiger partial charge on any atom is -0.450 e. The Labute approximate surface area is 115 Å². The summed E-state index contributed by atoms with van der Waals surface area (Å²) in [6.07, 6.45) is 1.85. The number of hydrogen-bond donors (Lipinski definition) is 1. The Kier molecular flexibility index (Phi) is 7.78. The summed E-state index contributed by atoms with van der Waals surface area (Å²) < 4.78 is 10.3. The third-order valence-corrected chi connectivity index (χ3v) is 3.46. The molecule has 6 nitrogen and oxygen atoms in total. The second kappa shape index (κ2) is 9.12. The van der Waals surface area contributed by atoms with Crippen LogP contribution in [0, 0.1) is 0 Å². The molecule has 0 aromatic carbocycles. The van der Waals surface area contributed by atoms with Crippen molar-refractivity contribution in [1.82, 2.24) is 9.80 Å². The number of piperazine rings is 1. The van der Waals surface area contributed by atoms with Crippen LogP contribution in [-0.2, 0) is 9.47 Å². The maximum atomic E-state index is 11.6. The van der Waals surface area contributed by atoms with Crippen LogP contribution < -0.4 is 5.73 Å². The summed E-state index contributed by atoms with van der Waals surface area (Å²) in [6, 6.07) is 0.401. The SMILES string of the molecule is CCOC(=O)N1CCN(C(CCCN)COC)CC1. The lowest BCUT2D eigenvalue weighted by Crippen LogP contribution is -2.53. The van der Waals surface area contributed by atoms with Crippen LogP contribution in [0.2, 0.25) is 0 Å². The average molecular weight is 273 g/mol. The van der Waals surface area contributed by atoms with Crippen LogP contribution in [0.4, 0.5) is 4.79 Å². The number of hydrogen-bond acceptors (Lipinski definition) is 5. The number of rotatable bonds is 7. The standard InChI is InChI=1S/C13H27N3O3/c1-3-19-13(17)16-9-7-15(8-10-16)12(11-18-2)5-4-6-14/h12H,3-11,14H2,1-2H3. The molecule has 0 spiro atoms. The van der Waals surface area contributed by atoms with Crippen molar-refractivity contribution in [2.75, 3.05) is 53.0 Å². The fraction of sp³-hybridized carbons (Fsp3) is 0.923. The molecule has 0 aromatic heterocycles. The molecule has 1 fully saturated rings. The Bertz CT molecular complexity index is 256. The lowest BCUT2D eigenvalue weighted by Gasteiger charge is -2.38. The predicted octanol–water partition coefficient (Wildman–Crippen LogP) is 0.514. The predicted molar refractivity (Wildman–Crippen MR) is 74.1 cm³/mol. The molecule has 1 atom stereocenters. The first-order valence-electron chi connectivity index (χ1n) is 7.07. The van der Waals surface area contributed by atoms with Crippen molar-refractivity contribution in [2.45, 2.75) is 25.8 Å². The molecule has 112 valence electrons. The first-order chi connectivity index (χ1) is 9.22. The van der Waals surface area contributed by atoms with Crippen molar-refractivity contribution in [3.8, 4) is 0 Å². The van der Waals surface area contributed by atoms with Gasteiger partial charge in [0.15, 0.2) is 0 Å². The van der Waals surface area contributed by atoms with Gasteiger partial charge in [0.2, 0.25) is 0 Å². The van der Waals surface area contributed by atoms with Gasteiger partial charge in [-0.3, -0.25) is 4.90 Å². The molecule has 1 saturated heterocycles. The van der Waals surface area contributed by atoms with Crippen LogP contribution in [0.25, 0.3) is 0 Å². The van der Waals surface area contributed by atoms with Crippen LogP contribution >= 0.6 is 0 Å². The minimum absolute atomic E-state index is 0.201. The molecule has 19 heavy (non-hydrogen) atoms. The number of ether oxygens (including phenoxy) is 2. The fourth-order valence-corrected chi connectivity index (χ4v) is 2.40. The topological polar surface area (TPSA) is 68.0 Å². The van der Waals surface area contributed by atoms with Gasteiger partial charge in [-0.05, 0) is 26.3 Å². The van der Waals surface area contributed by atoms with E-state index in [-0.39, 0.29) is 6.09 Å². The van der Waals surface area contributed by atoms with E-state index in [2.05, 4.69) is 4.90 Å². The molecular weight excluding hydrogens is 246 g/mol. The molecule has 0 saturated carbocycles. The number of carbonyl (C=O) groups is 1. The van der Waals surface area contributed by atoms with Crippen molar-refractivity contribution >= 4 is 6.09 Å². The van der Waals surface area contributed by atoms with Crippen molar-refractivity contribution in [2.24, 2.45) is 5.73 Å². The third kappa shape index (κ3) is 5.34. The zero-order valence-electron chi connectivity index (χ0n) is 12.1. The van der Waals surface area contributed by atoms with Gasteiger partial charge in [0.05, 0.1) is 13.2 Å². The summed E-state index contributed by atoms with van der Waals surface area (Å²) in [6.45, 7) is 6.89. The molecule has 1 amide bonds. The number of nitrogens with two attached hydrogens (primary N) is 1. The van der Waals surface area contributed by atoms with E-state index in [0.29, 0.717) is 19.2 Å². The highest BCUT2D eigenvalue weighted by atomic mass is 16.6. The summed E-state index contributed by atoms with van der Waals surface area (Å²) >= 11 is 0. The third-order valence-electron chi connectivity index (χ3n) is 3.46. The summed E-state index contributed by atoms with van der Waals surface area (Å²) in [5.74, 6) is 0. The van der Waals surface area contributed by atoms with Crippen molar-refractivity contribution < 1.29 is 14.3 Å². The Morgan fingerprint density at radius 1 is 1.32 bits per heavy atom.